The van der Waals surface area contributed by atoms with Crippen LogP contribution in [0.15, 0.2) is 24.3 Å². The number of morpholine rings is 1. The Labute approximate surface area is 220 Å². The van der Waals surface area contributed by atoms with Gasteiger partial charge in [0.05, 0.1) is 19.8 Å². The number of imide groups is 1. The van der Waals surface area contributed by atoms with E-state index in [-0.39, 0.29) is 19.1 Å². The molecule has 0 radical (unpaired) electrons. The SMILES string of the molecule is O=C(ON1C(=O)[C@@H]2CN(C(=O)N3CCOCC3)CCN2C1=O)N1CCC(CCc2ccc(Cl)cc2)CC1. The summed E-state index contributed by atoms with van der Waals surface area (Å²) in [4.78, 5) is 62.9. The van der Waals surface area contributed by atoms with E-state index in [1.165, 1.54) is 10.5 Å². The Kier molecular flexibility index (Phi) is 7.71. The minimum Gasteiger partial charge on any atom is -0.378 e. The van der Waals surface area contributed by atoms with Crippen molar-refractivity contribution in [3.63, 3.8) is 0 Å². The van der Waals surface area contributed by atoms with Gasteiger partial charge in [0.25, 0.3) is 5.91 Å². The maximum absolute atomic E-state index is 13.0. The van der Waals surface area contributed by atoms with Crippen molar-refractivity contribution in [1.29, 1.82) is 0 Å². The molecule has 0 unspecified atom stereocenters. The number of hydrogen-bond acceptors (Lipinski definition) is 6. The lowest BCUT2D eigenvalue weighted by molar-refractivity contribution is -0.152. The lowest BCUT2D eigenvalue weighted by Gasteiger charge is -2.38. The molecule has 0 aromatic heterocycles. The van der Waals surface area contributed by atoms with Gasteiger partial charge in [-0.1, -0.05) is 28.8 Å². The van der Waals surface area contributed by atoms with Crippen LogP contribution in [-0.2, 0) is 20.8 Å². The van der Waals surface area contributed by atoms with E-state index in [0.29, 0.717) is 56.9 Å². The Hall–Kier alpha value is -3.05. The molecule has 5 rings (SSSR count). The van der Waals surface area contributed by atoms with Gasteiger partial charge in [0.1, 0.15) is 6.04 Å². The number of likely N-dealkylation sites (tertiary alicyclic amines) is 1. The highest BCUT2D eigenvalue weighted by molar-refractivity contribution is 6.30. The minimum atomic E-state index is -0.849. The Balaban J connectivity index is 1.10. The molecule has 1 atom stereocenters. The highest BCUT2D eigenvalue weighted by Gasteiger charge is 2.51. The maximum Gasteiger partial charge on any atom is 0.434 e. The third kappa shape index (κ3) is 5.62. The third-order valence-electron chi connectivity index (χ3n) is 7.63. The second kappa shape index (κ2) is 11.1. The van der Waals surface area contributed by atoms with E-state index in [0.717, 1.165) is 30.7 Å². The summed E-state index contributed by atoms with van der Waals surface area (Å²) in [6, 6.07) is 6.18. The summed E-state index contributed by atoms with van der Waals surface area (Å²) < 4.78 is 5.30. The first-order valence-electron chi connectivity index (χ1n) is 12.9. The van der Waals surface area contributed by atoms with Crippen molar-refractivity contribution in [3.05, 3.63) is 34.9 Å². The number of urea groups is 2. The summed E-state index contributed by atoms with van der Waals surface area (Å²) in [7, 11) is 0. The predicted octanol–water partition coefficient (Wildman–Crippen LogP) is 2.44. The van der Waals surface area contributed by atoms with Crippen LogP contribution < -0.4 is 0 Å². The molecule has 6 amide bonds. The Morgan fingerprint density at radius 2 is 1.62 bits per heavy atom. The van der Waals surface area contributed by atoms with Crippen LogP contribution in [0, 0.1) is 5.92 Å². The largest absolute Gasteiger partial charge is 0.434 e. The molecule has 12 heteroatoms. The molecule has 0 aliphatic carbocycles. The number of carbonyl (C=O) groups is 4. The lowest BCUT2D eigenvalue weighted by Crippen LogP contribution is -2.58. The first kappa shape index (κ1) is 25.6. The van der Waals surface area contributed by atoms with E-state index in [1.807, 2.05) is 24.3 Å². The van der Waals surface area contributed by atoms with Crippen molar-refractivity contribution in [2.24, 2.45) is 5.92 Å². The Bertz CT molecular complexity index is 1020. The van der Waals surface area contributed by atoms with E-state index < -0.39 is 24.1 Å². The van der Waals surface area contributed by atoms with Gasteiger partial charge in [0.15, 0.2) is 0 Å². The number of nitrogens with zero attached hydrogens (tertiary/aromatic N) is 5. The average Bonchev–Trinajstić information content (AvgIpc) is 3.17. The van der Waals surface area contributed by atoms with E-state index >= 15 is 0 Å². The zero-order chi connectivity index (χ0) is 25.9. The fourth-order valence-corrected chi connectivity index (χ4v) is 5.47. The number of hydrogen-bond donors (Lipinski definition) is 0. The van der Waals surface area contributed by atoms with Gasteiger partial charge in [-0.05, 0) is 49.3 Å². The highest BCUT2D eigenvalue weighted by Crippen LogP contribution is 2.26. The van der Waals surface area contributed by atoms with Crippen LogP contribution in [0.5, 0.6) is 0 Å². The first-order valence-corrected chi connectivity index (χ1v) is 13.3. The van der Waals surface area contributed by atoms with Crippen LogP contribution >= 0.6 is 11.6 Å². The van der Waals surface area contributed by atoms with Crippen LogP contribution in [0.2, 0.25) is 5.02 Å². The number of amides is 6. The summed E-state index contributed by atoms with van der Waals surface area (Å²) in [5.41, 5.74) is 1.24. The minimum absolute atomic E-state index is 0.0772. The number of hydroxylamine groups is 2. The Morgan fingerprint density at radius 1 is 0.919 bits per heavy atom. The first-order chi connectivity index (χ1) is 17.9. The van der Waals surface area contributed by atoms with Crippen molar-refractivity contribution in [2.75, 3.05) is 59.0 Å². The zero-order valence-electron chi connectivity index (χ0n) is 20.7. The summed E-state index contributed by atoms with van der Waals surface area (Å²) >= 11 is 5.95. The number of ether oxygens (including phenoxy) is 1. The number of aryl methyl sites for hydroxylation is 1. The lowest BCUT2D eigenvalue weighted by atomic mass is 9.91. The molecule has 0 N–H and O–H groups in total. The molecular formula is C25H32ClN5O6. The Morgan fingerprint density at radius 3 is 2.32 bits per heavy atom. The second-order valence-electron chi connectivity index (χ2n) is 9.91. The van der Waals surface area contributed by atoms with Gasteiger partial charge in [-0.15, -0.1) is 0 Å². The molecule has 37 heavy (non-hydrogen) atoms. The fourth-order valence-electron chi connectivity index (χ4n) is 5.34. The quantitative estimate of drug-likeness (QED) is 0.551. The van der Waals surface area contributed by atoms with Gasteiger partial charge in [-0.2, -0.15) is 0 Å². The van der Waals surface area contributed by atoms with Crippen molar-refractivity contribution in [2.45, 2.75) is 31.7 Å². The van der Waals surface area contributed by atoms with Gasteiger partial charge in [0.2, 0.25) is 0 Å². The fraction of sp³-hybridized carbons (Fsp3) is 0.600. The predicted molar refractivity (Wildman–Crippen MR) is 133 cm³/mol. The van der Waals surface area contributed by atoms with Gasteiger partial charge < -0.3 is 29.2 Å². The molecule has 0 bridgehead atoms. The summed E-state index contributed by atoms with van der Waals surface area (Å²) in [5.74, 6) is -0.130. The van der Waals surface area contributed by atoms with Crippen LogP contribution in [0.4, 0.5) is 14.4 Å². The summed E-state index contributed by atoms with van der Waals surface area (Å²) in [6.07, 6.45) is 2.93. The van der Waals surface area contributed by atoms with Gasteiger partial charge in [-0.25, -0.2) is 14.4 Å². The van der Waals surface area contributed by atoms with Crippen LogP contribution in [0.25, 0.3) is 0 Å². The van der Waals surface area contributed by atoms with Gasteiger partial charge >= 0.3 is 18.2 Å². The van der Waals surface area contributed by atoms with Gasteiger partial charge in [-0.3, -0.25) is 4.79 Å². The number of carbonyl (C=O) groups excluding carboxylic acids is 4. The average molecular weight is 534 g/mol. The number of piperidine rings is 1. The van der Waals surface area contributed by atoms with E-state index in [1.54, 1.807) is 14.7 Å². The van der Waals surface area contributed by atoms with Crippen LogP contribution in [-0.4, -0.2) is 114 Å². The molecule has 4 aliphatic rings. The normalized spacial score (nSPS) is 22.9. The molecule has 4 aliphatic heterocycles. The number of fused-ring (bicyclic) bond motifs is 1. The maximum atomic E-state index is 13.0. The number of rotatable bonds is 4. The molecule has 1 aromatic carbocycles. The van der Waals surface area contributed by atoms with Crippen LogP contribution in [0.1, 0.15) is 24.8 Å². The number of halogens is 1. The molecule has 4 fully saturated rings. The van der Waals surface area contributed by atoms with E-state index in [9.17, 15) is 19.2 Å². The molecule has 200 valence electrons. The van der Waals surface area contributed by atoms with Crippen molar-refractivity contribution in [3.8, 4) is 0 Å². The van der Waals surface area contributed by atoms with Crippen molar-refractivity contribution >= 4 is 35.7 Å². The summed E-state index contributed by atoms with van der Waals surface area (Å²) in [5, 5.41) is 1.29. The molecule has 11 nitrogen and oxygen atoms in total. The summed E-state index contributed by atoms with van der Waals surface area (Å²) in [6.45, 7) is 3.58. The van der Waals surface area contributed by atoms with Gasteiger partial charge in [0, 0.05) is 44.3 Å². The third-order valence-corrected chi connectivity index (χ3v) is 7.89. The van der Waals surface area contributed by atoms with Crippen molar-refractivity contribution < 1.29 is 28.8 Å². The topological polar surface area (TPSA) is 103 Å². The zero-order valence-corrected chi connectivity index (χ0v) is 21.5. The molecule has 4 heterocycles. The second-order valence-corrected chi connectivity index (χ2v) is 10.3. The molecule has 1 aromatic rings. The van der Waals surface area contributed by atoms with Crippen LogP contribution in [0.3, 0.4) is 0 Å². The number of benzene rings is 1. The highest BCUT2D eigenvalue weighted by atomic mass is 35.5. The molecule has 4 saturated heterocycles. The van der Waals surface area contributed by atoms with Crippen molar-refractivity contribution in [1.82, 2.24) is 24.7 Å². The molecule has 0 saturated carbocycles. The monoisotopic (exact) mass is 533 g/mol. The number of piperazine rings is 1. The standard InChI is InChI=1S/C25H32ClN5O6/c26-20-5-3-18(4-6-20)1-2-19-7-9-28(10-8-19)25(35)37-31-22(32)21-17-29(11-12-30(21)24(31)34)23(33)27-13-15-36-16-14-27/h3-6,19,21H,1-2,7-17H2/t21-/m0/s1. The molecular weight excluding hydrogens is 502 g/mol. The van der Waals surface area contributed by atoms with E-state index in [4.69, 9.17) is 21.2 Å². The molecule has 0 spiro atoms. The smallest absolute Gasteiger partial charge is 0.378 e. The van der Waals surface area contributed by atoms with E-state index in [2.05, 4.69) is 0 Å².